The molecular weight excluding hydrogens is 594 g/mol. The summed E-state index contributed by atoms with van der Waals surface area (Å²) >= 11 is 11.5. The van der Waals surface area contributed by atoms with Gasteiger partial charge in [0.2, 0.25) is 5.96 Å². The quantitative estimate of drug-likeness (QED) is 0.0801. The molecule has 0 bridgehead atoms. The number of hydrogen-bond donors (Lipinski definition) is 3. The van der Waals surface area contributed by atoms with E-state index in [4.69, 9.17) is 23.8 Å². The summed E-state index contributed by atoms with van der Waals surface area (Å²) in [6, 6.07) is 25.1. The monoisotopic (exact) mass is 625 g/mol. The summed E-state index contributed by atoms with van der Waals surface area (Å²) in [5.74, 6) is 0.821. The van der Waals surface area contributed by atoms with Crippen LogP contribution in [0, 0.1) is 11.3 Å². The van der Waals surface area contributed by atoms with Gasteiger partial charge < -0.3 is 10.2 Å². The Morgan fingerprint density at radius 2 is 1.82 bits per heavy atom. The van der Waals surface area contributed by atoms with Crippen molar-refractivity contribution in [2.45, 2.75) is 50.6 Å². The van der Waals surface area contributed by atoms with E-state index in [1.165, 1.54) is 37.7 Å². The maximum atomic E-state index is 12.6. The van der Waals surface area contributed by atoms with Gasteiger partial charge in [0, 0.05) is 21.6 Å². The number of aliphatic imine (C=N–C) groups is 1. The number of guanidine groups is 1. The summed E-state index contributed by atoms with van der Waals surface area (Å²) in [4.78, 5) is 19.3. The van der Waals surface area contributed by atoms with Crippen LogP contribution < -0.4 is 15.5 Å². The number of aromatic amines is 1. The minimum atomic E-state index is -0.361. The first-order chi connectivity index (χ1) is 21.5. The molecule has 1 aliphatic carbocycles. The second kappa shape index (κ2) is 15.2. The molecule has 4 aromatic rings. The highest BCUT2D eigenvalue weighted by molar-refractivity contribution is 7.79. The Labute approximate surface area is 266 Å². The standard InChI is InChI=1S/C32H32ClN9OS/c33-27-14-10-25(11-15-27)29(21-44)36-32(35-19-18-34)42(28-16-12-24(13-17-28)23-4-2-1-3-5-23)20-22-6-8-26(9-7-22)30(43)37-31-38-40-41-39-31/h6-17,21,23,29H,1-5,19-20H2,(H,35,36)(H2,37,38,39,40,41,43). The molecule has 1 aromatic heterocycles. The lowest BCUT2D eigenvalue weighted by molar-refractivity contribution is 0.102. The molecule has 5 rings (SSSR count). The van der Waals surface area contributed by atoms with Gasteiger partial charge in [-0.05, 0) is 77.1 Å². The van der Waals surface area contributed by atoms with Gasteiger partial charge in [-0.15, -0.1) is 5.10 Å². The SMILES string of the molecule is N#CCN=C(NC(C=S)c1ccc(Cl)cc1)N(Cc1ccc(C(=O)Nc2nn[nH]n2)cc1)c1ccc(C2CCCCC2)cc1. The van der Waals surface area contributed by atoms with Crippen molar-refractivity contribution >= 4 is 52.7 Å². The number of nitrogens with zero attached hydrogens (tertiary/aromatic N) is 6. The highest BCUT2D eigenvalue weighted by atomic mass is 35.5. The number of benzene rings is 3. The number of tetrazole rings is 1. The fourth-order valence-corrected chi connectivity index (χ4v) is 5.66. The van der Waals surface area contributed by atoms with Gasteiger partial charge in [-0.1, -0.05) is 84.6 Å². The van der Waals surface area contributed by atoms with Crippen molar-refractivity contribution < 1.29 is 4.79 Å². The third-order valence-electron chi connectivity index (χ3n) is 7.61. The van der Waals surface area contributed by atoms with Gasteiger partial charge in [0.05, 0.1) is 18.7 Å². The minimum Gasteiger partial charge on any atom is -0.345 e. The smallest absolute Gasteiger partial charge is 0.270 e. The number of H-pyrrole nitrogens is 1. The molecule has 3 aromatic carbocycles. The fourth-order valence-electron chi connectivity index (χ4n) is 5.31. The Balaban J connectivity index is 1.44. The number of hydrogen-bond acceptors (Lipinski definition) is 7. The summed E-state index contributed by atoms with van der Waals surface area (Å²) in [5.41, 5.74) is 4.54. The molecule has 1 amide bonds. The molecule has 1 heterocycles. The zero-order valence-electron chi connectivity index (χ0n) is 24.0. The first-order valence-electron chi connectivity index (χ1n) is 14.4. The molecule has 1 fully saturated rings. The van der Waals surface area contributed by atoms with Crippen LogP contribution in [-0.2, 0) is 6.54 Å². The lowest BCUT2D eigenvalue weighted by atomic mass is 9.84. The number of rotatable bonds is 10. The van der Waals surface area contributed by atoms with E-state index in [0.717, 1.165) is 16.8 Å². The third-order valence-corrected chi connectivity index (χ3v) is 8.14. The Morgan fingerprint density at radius 3 is 2.45 bits per heavy atom. The van der Waals surface area contributed by atoms with Gasteiger partial charge >= 0.3 is 0 Å². The van der Waals surface area contributed by atoms with Gasteiger partial charge in [-0.25, -0.2) is 4.99 Å². The molecule has 10 nitrogen and oxygen atoms in total. The molecule has 0 radical (unpaired) electrons. The summed E-state index contributed by atoms with van der Waals surface area (Å²) in [6.45, 7) is 0.372. The van der Waals surface area contributed by atoms with Crippen LogP contribution in [0.25, 0.3) is 0 Å². The number of anilines is 2. The summed E-state index contributed by atoms with van der Waals surface area (Å²) in [6.07, 6.45) is 6.26. The molecule has 12 heteroatoms. The lowest BCUT2D eigenvalue weighted by Gasteiger charge is -2.30. The molecule has 1 atom stereocenters. The second-order valence-corrected chi connectivity index (χ2v) is 11.2. The van der Waals surface area contributed by atoms with Crippen molar-refractivity contribution in [3.05, 3.63) is 100 Å². The molecule has 3 N–H and O–H groups in total. The number of nitriles is 1. The number of amides is 1. The van der Waals surface area contributed by atoms with E-state index in [-0.39, 0.29) is 24.4 Å². The largest absolute Gasteiger partial charge is 0.345 e. The topological polar surface area (TPSA) is 135 Å². The minimum absolute atomic E-state index is 0.0427. The number of aromatic nitrogens is 4. The highest BCUT2D eigenvalue weighted by Gasteiger charge is 2.21. The maximum absolute atomic E-state index is 12.6. The van der Waals surface area contributed by atoms with Gasteiger partial charge in [0.1, 0.15) is 6.54 Å². The predicted octanol–water partition coefficient (Wildman–Crippen LogP) is 6.37. The number of halogens is 1. The molecule has 0 saturated heterocycles. The van der Waals surface area contributed by atoms with Crippen molar-refractivity contribution in [3.8, 4) is 6.07 Å². The normalized spacial score (nSPS) is 14.3. The van der Waals surface area contributed by atoms with Crippen LogP contribution >= 0.6 is 23.8 Å². The maximum Gasteiger partial charge on any atom is 0.270 e. The first-order valence-corrected chi connectivity index (χ1v) is 15.3. The van der Waals surface area contributed by atoms with Gasteiger partial charge in [-0.2, -0.15) is 10.5 Å². The fraction of sp³-hybridized carbons (Fsp3) is 0.281. The zero-order chi connectivity index (χ0) is 30.7. The van der Waals surface area contributed by atoms with E-state index in [1.54, 1.807) is 17.5 Å². The number of carbonyl (C=O) groups is 1. The Morgan fingerprint density at radius 1 is 1.09 bits per heavy atom. The van der Waals surface area contributed by atoms with E-state index in [2.05, 4.69) is 66.6 Å². The second-order valence-electron chi connectivity index (χ2n) is 10.5. The lowest BCUT2D eigenvalue weighted by Crippen LogP contribution is -2.43. The van der Waals surface area contributed by atoms with Crippen LogP contribution in [-0.4, -0.2) is 44.4 Å². The average molecular weight is 626 g/mol. The van der Waals surface area contributed by atoms with Crippen molar-refractivity contribution in [1.29, 1.82) is 5.26 Å². The number of carbonyl (C=O) groups excluding carboxylic acids is 1. The van der Waals surface area contributed by atoms with Crippen LogP contribution in [0.2, 0.25) is 5.02 Å². The van der Waals surface area contributed by atoms with Crippen molar-refractivity contribution in [2.24, 2.45) is 4.99 Å². The van der Waals surface area contributed by atoms with Crippen molar-refractivity contribution in [1.82, 2.24) is 25.9 Å². The van der Waals surface area contributed by atoms with Crippen LogP contribution in [0.1, 0.15) is 71.1 Å². The van der Waals surface area contributed by atoms with E-state index in [1.807, 2.05) is 41.3 Å². The van der Waals surface area contributed by atoms with Crippen LogP contribution in [0.15, 0.2) is 77.8 Å². The molecular formula is C32H32ClN9OS. The third kappa shape index (κ3) is 8.03. The van der Waals surface area contributed by atoms with Crippen LogP contribution in [0.3, 0.4) is 0 Å². The highest BCUT2D eigenvalue weighted by Crippen LogP contribution is 2.33. The van der Waals surface area contributed by atoms with Crippen molar-refractivity contribution in [2.75, 3.05) is 16.8 Å². The molecule has 44 heavy (non-hydrogen) atoms. The van der Waals surface area contributed by atoms with Crippen LogP contribution in [0.4, 0.5) is 11.6 Å². The summed E-state index contributed by atoms with van der Waals surface area (Å²) in [5, 5.41) is 31.1. The molecule has 1 unspecified atom stereocenters. The average Bonchev–Trinajstić information content (AvgIpc) is 3.58. The Kier molecular flexibility index (Phi) is 10.6. The summed E-state index contributed by atoms with van der Waals surface area (Å²) < 4.78 is 0. The Hall–Kier alpha value is -4.66. The molecule has 1 aliphatic rings. The number of thiocarbonyl (C=S) groups is 1. The van der Waals surface area contributed by atoms with Gasteiger partial charge in [0.25, 0.3) is 11.9 Å². The van der Waals surface area contributed by atoms with E-state index < -0.39 is 0 Å². The van der Waals surface area contributed by atoms with E-state index in [0.29, 0.717) is 29.0 Å². The molecule has 224 valence electrons. The summed E-state index contributed by atoms with van der Waals surface area (Å²) in [7, 11) is 0. The van der Waals surface area contributed by atoms with Crippen molar-refractivity contribution in [3.63, 3.8) is 0 Å². The van der Waals surface area contributed by atoms with Gasteiger partial charge in [-0.3, -0.25) is 10.1 Å². The van der Waals surface area contributed by atoms with Gasteiger partial charge in [0.15, 0.2) is 0 Å². The molecule has 1 saturated carbocycles. The molecule has 0 spiro atoms. The predicted molar refractivity (Wildman–Crippen MR) is 176 cm³/mol. The zero-order valence-corrected chi connectivity index (χ0v) is 25.6. The molecule has 0 aliphatic heterocycles. The number of nitrogens with one attached hydrogen (secondary N) is 3. The van der Waals surface area contributed by atoms with Crippen LogP contribution in [0.5, 0.6) is 0 Å². The Bertz CT molecular complexity index is 1600. The van der Waals surface area contributed by atoms with E-state index in [9.17, 15) is 10.1 Å². The van der Waals surface area contributed by atoms with E-state index >= 15 is 0 Å². The first kappa shape index (κ1) is 30.8.